The molecule has 3 aliphatic heterocycles. The average Bonchev–Trinajstić information content (AvgIpc) is 4.14. The van der Waals surface area contributed by atoms with Crippen LogP contribution in [-0.4, -0.2) is 111 Å². The highest BCUT2D eigenvalue weighted by molar-refractivity contribution is 6.07. The fourth-order valence-electron chi connectivity index (χ4n) is 9.69. The lowest BCUT2D eigenvalue weighted by atomic mass is 9.92. The molecule has 5 atom stereocenters. The topological polar surface area (TPSA) is 195 Å². The number of nitrogens with zero attached hydrogens (tertiary/aromatic N) is 5. The number of likely N-dealkylation sites (N-methyl/N-ethyl adjacent to an activating group) is 1. The number of amides is 4. The molecule has 0 unspecified atom stereocenters. The second kappa shape index (κ2) is 17.3. The number of hydrogen-bond donors (Lipinski definition) is 4. The van der Waals surface area contributed by atoms with Crippen molar-refractivity contribution in [2.75, 3.05) is 41.0 Å². The van der Waals surface area contributed by atoms with Crippen molar-refractivity contribution >= 4 is 45.8 Å². The van der Waals surface area contributed by atoms with Crippen LogP contribution in [0, 0.1) is 11.8 Å². The van der Waals surface area contributed by atoms with E-state index in [1.165, 1.54) is 14.2 Å². The van der Waals surface area contributed by atoms with Crippen molar-refractivity contribution in [3.8, 4) is 28.1 Å². The molecule has 0 saturated carbocycles. The molecular weight excluding hydrogens is 817 g/mol. The molecule has 16 heteroatoms. The van der Waals surface area contributed by atoms with Crippen LogP contribution in [0.25, 0.3) is 44.2 Å². The lowest BCUT2D eigenvalue weighted by Gasteiger charge is -2.32. The van der Waals surface area contributed by atoms with Gasteiger partial charge in [-0.1, -0.05) is 62.4 Å². The number of H-pyrrole nitrogens is 2. The first-order valence-electron chi connectivity index (χ1n) is 21.7. The van der Waals surface area contributed by atoms with Gasteiger partial charge in [0.1, 0.15) is 36.1 Å². The first-order valence-corrected chi connectivity index (χ1v) is 21.7. The Morgan fingerprint density at radius 3 is 2.52 bits per heavy atom. The fourth-order valence-corrected chi connectivity index (χ4v) is 9.69. The van der Waals surface area contributed by atoms with E-state index in [0.717, 1.165) is 66.8 Å². The number of ether oxygens (including phenoxy) is 3. The van der Waals surface area contributed by atoms with E-state index in [4.69, 9.17) is 24.2 Å². The van der Waals surface area contributed by atoms with E-state index in [2.05, 4.69) is 45.6 Å². The van der Waals surface area contributed by atoms with Crippen LogP contribution in [0.5, 0.6) is 5.75 Å². The SMILES string of the molecule is COC[C@H]1C[C@@H](c2nc3c(ccc4cc5c(cc43)OCc3cc(-c4cnc([C@@H]6CCCN6C(=O)[C@@H](c6ccccc6)N(C)C(=O)O)[nH]4)ccc3-5)[nH]2)N(C(=O)[C@@H](NC(=O)OC)C(C)C)C1. The Morgan fingerprint density at radius 2 is 1.77 bits per heavy atom. The summed E-state index contributed by atoms with van der Waals surface area (Å²) in [5.41, 5.74) is 6.99. The molecule has 0 aliphatic carbocycles. The summed E-state index contributed by atoms with van der Waals surface area (Å²) in [6.45, 7) is 5.59. The monoisotopic (exact) mass is 868 g/mol. The van der Waals surface area contributed by atoms with Crippen molar-refractivity contribution in [2.45, 2.75) is 63.9 Å². The van der Waals surface area contributed by atoms with E-state index in [1.54, 1.807) is 47.4 Å². The molecule has 2 saturated heterocycles. The molecule has 0 radical (unpaired) electrons. The first kappa shape index (κ1) is 42.4. The quantitative estimate of drug-likeness (QED) is 0.101. The van der Waals surface area contributed by atoms with Gasteiger partial charge in [-0.15, -0.1) is 0 Å². The number of fused-ring (bicyclic) bond motifs is 6. The Balaban J connectivity index is 0.971. The number of carbonyl (C=O) groups is 4. The summed E-state index contributed by atoms with van der Waals surface area (Å²) in [7, 11) is 4.36. The molecule has 0 bridgehead atoms. The Hall–Kier alpha value is -6.94. The van der Waals surface area contributed by atoms with Crippen LogP contribution in [0.4, 0.5) is 9.59 Å². The molecule has 332 valence electrons. The Labute approximate surface area is 369 Å². The van der Waals surface area contributed by atoms with Crippen molar-refractivity contribution in [1.82, 2.24) is 40.0 Å². The number of rotatable bonds is 11. The number of imidazole rings is 2. The molecule has 0 spiro atoms. The average molecular weight is 869 g/mol. The van der Waals surface area contributed by atoms with Gasteiger partial charge in [0.05, 0.1) is 48.7 Å². The van der Waals surface area contributed by atoms with Gasteiger partial charge >= 0.3 is 12.2 Å². The van der Waals surface area contributed by atoms with Gasteiger partial charge in [-0.05, 0) is 77.1 Å². The van der Waals surface area contributed by atoms with Crippen LogP contribution in [0.3, 0.4) is 0 Å². The summed E-state index contributed by atoms with van der Waals surface area (Å²) in [5, 5.41) is 14.5. The molecule has 4 aromatic carbocycles. The zero-order valence-electron chi connectivity index (χ0n) is 36.5. The second-order valence-corrected chi connectivity index (χ2v) is 17.3. The largest absolute Gasteiger partial charge is 0.488 e. The summed E-state index contributed by atoms with van der Waals surface area (Å²) in [5.74, 6) is 1.51. The molecule has 6 aromatic rings. The van der Waals surface area contributed by atoms with Crippen molar-refractivity contribution in [3.63, 3.8) is 0 Å². The molecule has 9 rings (SSSR count). The normalized spacial score (nSPS) is 19.0. The Kier molecular flexibility index (Phi) is 11.5. The summed E-state index contributed by atoms with van der Waals surface area (Å²) < 4.78 is 16.8. The molecule has 5 heterocycles. The number of nitrogens with one attached hydrogen (secondary N) is 3. The van der Waals surface area contributed by atoms with Gasteiger partial charge in [0.15, 0.2) is 0 Å². The van der Waals surface area contributed by atoms with Crippen LogP contribution < -0.4 is 10.1 Å². The number of aromatic amines is 2. The standard InChI is InChI=1S/C48H52N8O8/c1-26(2)40(53-47(59)63-5)45(57)56-23-27(24-62-4)18-38(56)44-50-35-16-14-29-20-34-32-15-13-30(19-31(32)25-64-39(34)21-33(29)41(35)52-44)36-22-49-43(51-36)37-12-9-17-55(37)46(58)42(54(3)48(60)61)28-10-7-6-8-11-28/h6-8,10-11,13-16,19-22,26-27,37-38,40,42H,9,12,17-18,23-25H2,1-5H3,(H,49,51)(H,50,52)(H,53,59)(H,60,61)/t27-,37-,38-,40-,42+/m0/s1. The molecule has 2 aromatic heterocycles. The summed E-state index contributed by atoms with van der Waals surface area (Å²) in [6.07, 6.45) is 2.07. The highest BCUT2D eigenvalue weighted by atomic mass is 16.5. The van der Waals surface area contributed by atoms with E-state index in [9.17, 15) is 24.3 Å². The van der Waals surface area contributed by atoms with Crippen molar-refractivity contribution in [1.29, 1.82) is 0 Å². The maximum Gasteiger partial charge on any atom is 0.407 e. The third kappa shape index (κ3) is 7.75. The van der Waals surface area contributed by atoms with E-state index < -0.39 is 24.3 Å². The van der Waals surface area contributed by atoms with Gasteiger partial charge in [-0.2, -0.15) is 0 Å². The number of likely N-dealkylation sites (tertiary alicyclic amines) is 2. The van der Waals surface area contributed by atoms with Gasteiger partial charge in [0.25, 0.3) is 5.91 Å². The van der Waals surface area contributed by atoms with Crippen LogP contribution >= 0.6 is 0 Å². The molecule has 4 N–H and O–H groups in total. The number of carbonyl (C=O) groups excluding carboxylic acids is 3. The maximum absolute atomic E-state index is 14.1. The van der Waals surface area contributed by atoms with E-state index in [0.29, 0.717) is 56.4 Å². The lowest BCUT2D eigenvalue weighted by molar-refractivity contribution is -0.137. The predicted molar refractivity (Wildman–Crippen MR) is 238 cm³/mol. The smallest absolute Gasteiger partial charge is 0.407 e. The van der Waals surface area contributed by atoms with Gasteiger partial charge in [0, 0.05) is 44.1 Å². The summed E-state index contributed by atoms with van der Waals surface area (Å²) in [4.78, 5) is 73.9. The summed E-state index contributed by atoms with van der Waals surface area (Å²) in [6, 6.07) is 21.1. The van der Waals surface area contributed by atoms with E-state index >= 15 is 0 Å². The minimum Gasteiger partial charge on any atom is -0.488 e. The molecule has 64 heavy (non-hydrogen) atoms. The number of hydrogen-bond acceptors (Lipinski definition) is 9. The molecule has 4 amide bonds. The third-order valence-corrected chi connectivity index (χ3v) is 12.9. The van der Waals surface area contributed by atoms with E-state index in [-0.39, 0.29) is 35.7 Å². The van der Waals surface area contributed by atoms with Crippen LogP contribution in [0.2, 0.25) is 0 Å². The zero-order valence-corrected chi connectivity index (χ0v) is 36.5. The molecule has 16 nitrogen and oxygen atoms in total. The van der Waals surface area contributed by atoms with Gasteiger partial charge < -0.3 is 44.4 Å². The Bertz CT molecular complexity index is 2750. The minimum atomic E-state index is -1.18. The van der Waals surface area contributed by atoms with Gasteiger partial charge in [-0.3, -0.25) is 14.5 Å². The minimum absolute atomic E-state index is 0.0900. The molecule has 2 fully saturated rings. The van der Waals surface area contributed by atoms with Crippen LogP contribution in [0.1, 0.15) is 74.0 Å². The lowest BCUT2D eigenvalue weighted by Crippen LogP contribution is -2.51. The number of carboxylic acid groups (broad SMARTS) is 1. The third-order valence-electron chi connectivity index (χ3n) is 12.9. The van der Waals surface area contributed by atoms with Crippen LogP contribution in [-0.2, 0) is 25.7 Å². The highest BCUT2D eigenvalue weighted by Gasteiger charge is 2.42. The highest BCUT2D eigenvalue weighted by Crippen LogP contribution is 2.44. The van der Waals surface area contributed by atoms with Gasteiger partial charge in [-0.25, -0.2) is 19.6 Å². The predicted octanol–water partition coefficient (Wildman–Crippen LogP) is 7.60. The number of aromatic nitrogens is 4. The van der Waals surface area contributed by atoms with Crippen molar-refractivity contribution in [2.24, 2.45) is 11.8 Å². The van der Waals surface area contributed by atoms with E-state index in [1.807, 2.05) is 32.0 Å². The number of methoxy groups -OCH3 is 2. The van der Waals surface area contributed by atoms with Crippen molar-refractivity contribution < 1.29 is 38.5 Å². The zero-order chi connectivity index (χ0) is 44.8. The second-order valence-electron chi connectivity index (χ2n) is 17.3. The fraction of sp³-hybridized carbons (Fsp3) is 0.375. The molecular formula is C48H52N8O8. The molecule has 3 aliphatic rings. The Morgan fingerprint density at radius 1 is 0.953 bits per heavy atom. The summed E-state index contributed by atoms with van der Waals surface area (Å²) >= 11 is 0. The number of benzene rings is 4. The van der Waals surface area contributed by atoms with Crippen molar-refractivity contribution in [3.05, 3.63) is 102 Å². The maximum atomic E-state index is 14.1. The van der Waals surface area contributed by atoms with Gasteiger partial charge in [0.2, 0.25) is 5.91 Å². The first-order chi connectivity index (χ1) is 30.9. The number of alkyl carbamates (subject to hydrolysis) is 1. The van der Waals surface area contributed by atoms with Crippen LogP contribution in [0.15, 0.2) is 79.0 Å².